The molecule has 188 valence electrons. The number of carboxylic acid groups (broad SMARTS) is 2. The molecule has 0 saturated carbocycles. The lowest BCUT2D eigenvalue weighted by atomic mass is 10.0. The Labute approximate surface area is 219 Å². The van der Waals surface area contributed by atoms with Gasteiger partial charge in [0.2, 0.25) is 10.0 Å². The molecule has 0 aromatic heterocycles. The van der Waals surface area contributed by atoms with Gasteiger partial charge in [0.25, 0.3) is 9.05 Å². The van der Waals surface area contributed by atoms with E-state index < -0.39 is 31.0 Å². The maximum atomic E-state index is 11.3. The largest absolute Gasteiger partial charge is 0.478 e. The number of aryl methyl sites for hydroxylation is 2. The van der Waals surface area contributed by atoms with Crippen molar-refractivity contribution in [2.45, 2.75) is 49.3 Å². The van der Waals surface area contributed by atoms with E-state index >= 15 is 0 Å². The molecule has 4 N–H and O–H groups in total. The number of sulfonamides is 1. The van der Waals surface area contributed by atoms with Gasteiger partial charge in [-0.25, -0.2) is 31.6 Å². The number of halogens is 3. The summed E-state index contributed by atoms with van der Waals surface area (Å²) in [5.74, 6) is -2.33. The molecule has 0 radical (unpaired) electrons. The Kier molecular flexibility index (Phi) is 11.2. The third kappa shape index (κ3) is 8.31. The lowest BCUT2D eigenvalue weighted by Gasteiger charge is -2.09. The minimum Gasteiger partial charge on any atom is -0.478 e. The zero-order valence-electron chi connectivity index (χ0n) is 18.0. The number of benzene rings is 2. The first-order chi connectivity index (χ1) is 15.5. The van der Waals surface area contributed by atoms with Crippen molar-refractivity contribution < 1.29 is 36.6 Å². The number of rotatable bonds is 8. The Bertz CT molecular complexity index is 1210. The predicted octanol–water partition coefficient (Wildman–Crippen LogP) is 4.77. The van der Waals surface area contributed by atoms with Crippen molar-refractivity contribution in [1.29, 1.82) is 0 Å². The van der Waals surface area contributed by atoms with Crippen molar-refractivity contribution in [3.05, 3.63) is 55.5 Å². The second-order valence-corrected chi connectivity index (χ2v) is 12.7. The van der Waals surface area contributed by atoms with Gasteiger partial charge in [-0.3, -0.25) is 0 Å². The molecular formula is C20H22Br2ClNO8S2. The molecule has 14 heteroatoms. The summed E-state index contributed by atoms with van der Waals surface area (Å²) in [5, 5.41) is 23.0. The molecule has 34 heavy (non-hydrogen) atoms. The molecule has 2 rings (SSSR count). The fourth-order valence-electron chi connectivity index (χ4n) is 2.94. The second kappa shape index (κ2) is 12.5. The third-order valence-electron chi connectivity index (χ3n) is 4.38. The molecule has 0 spiro atoms. The molecule has 0 bridgehead atoms. The smallest absolute Gasteiger partial charge is 0.336 e. The number of carboxylic acids is 2. The van der Waals surface area contributed by atoms with Crippen LogP contribution in [0.1, 0.15) is 58.5 Å². The van der Waals surface area contributed by atoms with E-state index in [-0.39, 0.29) is 29.9 Å². The zero-order valence-corrected chi connectivity index (χ0v) is 23.6. The van der Waals surface area contributed by atoms with Crippen molar-refractivity contribution in [2.75, 3.05) is 0 Å². The quantitative estimate of drug-likeness (QED) is 0.339. The molecule has 0 aliphatic carbocycles. The van der Waals surface area contributed by atoms with Crippen LogP contribution in [0.4, 0.5) is 0 Å². The van der Waals surface area contributed by atoms with Gasteiger partial charge in [-0.1, -0.05) is 26.7 Å². The van der Waals surface area contributed by atoms with Gasteiger partial charge in [0.1, 0.15) is 0 Å². The van der Waals surface area contributed by atoms with Crippen LogP contribution in [0.2, 0.25) is 0 Å². The zero-order chi connectivity index (χ0) is 26.4. The van der Waals surface area contributed by atoms with Gasteiger partial charge in [0, 0.05) is 19.6 Å². The minimum atomic E-state index is -3.96. The molecule has 0 aliphatic rings. The van der Waals surface area contributed by atoms with Gasteiger partial charge in [-0.15, -0.1) is 0 Å². The van der Waals surface area contributed by atoms with Crippen molar-refractivity contribution in [3.8, 4) is 0 Å². The van der Waals surface area contributed by atoms with Gasteiger partial charge in [-0.05, 0) is 80.1 Å². The standard InChI is InChI=1S/C10H10BrClO4S.C10H12BrNO4S/c2*1-2-3-6-4-8(11)9(17(12,15)16)5-7(6)10(13)14/h4-5H,2-3H2,1H3,(H,13,14);4-5H,2-3H2,1H3,(H,13,14)(H2,12,15,16). The number of hydrogen-bond donors (Lipinski definition) is 3. The van der Waals surface area contributed by atoms with Gasteiger partial charge in [-0.2, -0.15) is 0 Å². The van der Waals surface area contributed by atoms with Gasteiger partial charge in [0.05, 0.1) is 20.9 Å². The minimum absolute atomic E-state index is 0.0286. The number of aromatic carboxylic acids is 2. The number of hydrogen-bond acceptors (Lipinski definition) is 6. The van der Waals surface area contributed by atoms with E-state index in [0.717, 1.165) is 25.0 Å². The van der Waals surface area contributed by atoms with Crippen molar-refractivity contribution in [1.82, 2.24) is 0 Å². The molecule has 2 aromatic carbocycles. The van der Waals surface area contributed by atoms with Crippen LogP contribution in [0.3, 0.4) is 0 Å². The highest BCUT2D eigenvalue weighted by molar-refractivity contribution is 9.10. The normalized spacial score (nSPS) is 11.5. The van der Waals surface area contributed by atoms with Crippen LogP contribution >= 0.6 is 42.5 Å². The number of nitrogens with two attached hydrogens (primary N) is 1. The number of carbonyl (C=O) groups is 2. The topological polar surface area (TPSA) is 169 Å². The lowest BCUT2D eigenvalue weighted by molar-refractivity contribution is 0.0684. The molecule has 0 heterocycles. The summed E-state index contributed by atoms with van der Waals surface area (Å²) in [7, 11) is -2.67. The van der Waals surface area contributed by atoms with Crippen molar-refractivity contribution >= 4 is 73.6 Å². The van der Waals surface area contributed by atoms with E-state index in [9.17, 15) is 26.4 Å². The molecule has 0 atom stereocenters. The van der Waals surface area contributed by atoms with Gasteiger partial charge < -0.3 is 10.2 Å². The summed E-state index contributed by atoms with van der Waals surface area (Å²) >= 11 is 6.16. The second-order valence-electron chi connectivity index (χ2n) is 6.97. The first-order valence-electron chi connectivity index (χ1n) is 9.63. The molecule has 9 nitrogen and oxygen atoms in total. The van der Waals surface area contributed by atoms with Crippen molar-refractivity contribution in [2.24, 2.45) is 5.14 Å². The molecule has 0 fully saturated rings. The number of primary sulfonamides is 1. The first kappa shape index (κ1) is 30.5. The Balaban J connectivity index is 0.000000340. The highest BCUT2D eigenvalue weighted by Gasteiger charge is 2.21. The van der Waals surface area contributed by atoms with Crippen LogP contribution in [0.15, 0.2) is 43.0 Å². The molecule has 0 amide bonds. The van der Waals surface area contributed by atoms with Crippen molar-refractivity contribution in [3.63, 3.8) is 0 Å². The van der Waals surface area contributed by atoms with Crippen LogP contribution in [-0.4, -0.2) is 39.0 Å². The van der Waals surface area contributed by atoms with E-state index in [2.05, 4.69) is 31.9 Å². The fourth-order valence-corrected chi connectivity index (χ4v) is 6.87. The van der Waals surface area contributed by atoms with Crippen LogP contribution < -0.4 is 5.14 Å². The Hall–Kier alpha value is -1.51. The summed E-state index contributed by atoms with van der Waals surface area (Å²) in [4.78, 5) is 21.6. The molecule has 2 aromatic rings. The summed E-state index contributed by atoms with van der Waals surface area (Å²) in [6.45, 7) is 3.82. The van der Waals surface area contributed by atoms with Gasteiger partial charge in [0.15, 0.2) is 0 Å². The Morgan fingerprint density at radius 1 is 0.824 bits per heavy atom. The monoisotopic (exact) mass is 661 g/mol. The average molecular weight is 664 g/mol. The Morgan fingerprint density at radius 3 is 1.47 bits per heavy atom. The maximum Gasteiger partial charge on any atom is 0.336 e. The van der Waals surface area contributed by atoms with E-state index in [1.807, 2.05) is 13.8 Å². The summed E-state index contributed by atoms with van der Waals surface area (Å²) in [6.07, 6.45) is 2.65. The van der Waals surface area contributed by atoms with Crippen LogP contribution in [0.25, 0.3) is 0 Å². The highest BCUT2D eigenvalue weighted by Crippen LogP contribution is 2.29. The summed E-state index contributed by atoms with van der Waals surface area (Å²) in [6, 6.07) is 5.15. The molecule has 0 saturated heterocycles. The first-order valence-corrected chi connectivity index (χ1v) is 15.1. The van der Waals surface area contributed by atoms with E-state index in [1.165, 1.54) is 12.1 Å². The maximum absolute atomic E-state index is 11.3. The Morgan fingerprint density at radius 2 is 1.18 bits per heavy atom. The van der Waals surface area contributed by atoms with E-state index in [0.29, 0.717) is 24.0 Å². The molecule has 0 unspecified atom stereocenters. The van der Waals surface area contributed by atoms with Crippen LogP contribution in [-0.2, 0) is 31.9 Å². The summed E-state index contributed by atoms with van der Waals surface area (Å²) in [5.41, 5.74) is 1.10. The summed E-state index contributed by atoms with van der Waals surface area (Å²) < 4.78 is 45.5. The third-order valence-corrected chi connectivity index (χ3v) is 8.53. The fraction of sp³-hybridized carbons (Fsp3) is 0.300. The average Bonchev–Trinajstić information content (AvgIpc) is 2.66. The predicted molar refractivity (Wildman–Crippen MR) is 135 cm³/mol. The lowest BCUT2D eigenvalue weighted by Crippen LogP contribution is -2.15. The highest BCUT2D eigenvalue weighted by atomic mass is 79.9. The molecular weight excluding hydrogens is 642 g/mol. The molecule has 0 aliphatic heterocycles. The van der Waals surface area contributed by atoms with E-state index in [4.69, 9.17) is 26.0 Å². The van der Waals surface area contributed by atoms with Crippen LogP contribution in [0, 0.1) is 0 Å². The van der Waals surface area contributed by atoms with Gasteiger partial charge >= 0.3 is 11.9 Å². The SMILES string of the molecule is CCCc1cc(Br)c(S(=O)(=O)Cl)cc1C(=O)O.CCCc1cc(Br)c(S(N)(=O)=O)cc1C(=O)O. The van der Waals surface area contributed by atoms with E-state index in [1.54, 1.807) is 0 Å². The van der Waals surface area contributed by atoms with Crippen LogP contribution in [0.5, 0.6) is 0 Å².